The van der Waals surface area contributed by atoms with Crippen LogP contribution in [0.4, 0.5) is 0 Å². The van der Waals surface area contributed by atoms with E-state index in [-0.39, 0.29) is 0 Å². The van der Waals surface area contributed by atoms with Gasteiger partial charge in [-0.05, 0) is 37.3 Å². The smallest absolute Gasteiger partial charge is 0.0803 e. The fraction of sp³-hybridized carbons (Fsp3) is 0.818. The average molecular weight is 227 g/mol. The van der Waals surface area contributed by atoms with Gasteiger partial charge in [-0.3, -0.25) is 0 Å². The van der Waals surface area contributed by atoms with Gasteiger partial charge in [0.05, 0.1) is 10.6 Å². The molecule has 15 heavy (non-hydrogen) atoms. The molecule has 1 unspecified atom stereocenters. The Bertz CT molecular complexity index is 283. The molecule has 1 aromatic rings. The Morgan fingerprint density at radius 3 is 2.67 bits per heavy atom. The molecule has 0 aliphatic heterocycles. The van der Waals surface area contributed by atoms with Crippen LogP contribution in [-0.2, 0) is 6.42 Å². The molecule has 1 aromatic heterocycles. The van der Waals surface area contributed by atoms with E-state index in [1.165, 1.54) is 10.6 Å². The molecular formula is C11H21N3S. The van der Waals surface area contributed by atoms with Crippen molar-refractivity contribution < 1.29 is 0 Å². The fourth-order valence-electron chi connectivity index (χ4n) is 1.72. The first-order valence-corrected chi connectivity index (χ1v) is 6.44. The minimum Gasteiger partial charge on any atom is -0.312 e. The second-order valence-corrected chi connectivity index (χ2v) is 5.09. The van der Waals surface area contributed by atoms with Crippen molar-refractivity contribution in [2.45, 2.75) is 46.1 Å². The molecule has 0 saturated heterocycles. The second-order valence-electron chi connectivity index (χ2n) is 4.30. The zero-order chi connectivity index (χ0) is 11.3. The lowest BCUT2D eigenvalue weighted by Gasteiger charge is -2.17. The molecule has 0 aliphatic carbocycles. The number of rotatable bonds is 6. The van der Waals surface area contributed by atoms with Crippen LogP contribution in [0.5, 0.6) is 0 Å². The predicted molar refractivity (Wildman–Crippen MR) is 65.2 cm³/mol. The van der Waals surface area contributed by atoms with Crippen LogP contribution in [0.15, 0.2) is 0 Å². The van der Waals surface area contributed by atoms with E-state index in [1.807, 2.05) is 7.05 Å². The van der Waals surface area contributed by atoms with Crippen molar-refractivity contribution >= 4 is 11.5 Å². The maximum atomic E-state index is 4.21. The lowest BCUT2D eigenvalue weighted by Crippen LogP contribution is -2.18. The van der Waals surface area contributed by atoms with Crippen molar-refractivity contribution in [2.75, 3.05) is 7.05 Å². The van der Waals surface area contributed by atoms with E-state index in [2.05, 4.69) is 35.7 Å². The van der Waals surface area contributed by atoms with Crippen molar-refractivity contribution in [2.24, 2.45) is 5.92 Å². The normalized spacial score (nSPS) is 13.4. The third-order valence-electron chi connectivity index (χ3n) is 2.44. The molecule has 3 nitrogen and oxygen atoms in total. The topological polar surface area (TPSA) is 37.8 Å². The van der Waals surface area contributed by atoms with Gasteiger partial charge in [-0.15, -0.1) is 5.10 Å². The van der Waals surface area contributed by atoms with E-state index in [4.69, 9.17) is 0 Å². The number of hydrogen-bond acceptors (Lipinski definition) is 4. The summed E-state index contributed by atoms with van der Waals surface area (Å²) in [4.78, 5) is 1.33. The van der Waals surface area contributed by atoms with E-state index in [0.717, 1.165) is 19.3 Å². The van der Waals surface area contributed by atoms with Crippen molar-refractivity contribution in [3.8, 4) is 0 Å². The molecule has 0 fully saturated rings. The SMILES string of the molecule is CCCc1nnsc1C(CC(C)C)NC. The van der Waals surface area contributed by atoms with E-state index in [1.54, 1.807) is 11.5 Å². The van der Waals surface area contributed by atoms with Crippen LogP contribution in [0, 0.1) is 5.92 Å². The summed E-state index contributed by atoms with van der Waals surface area (Å²) in [6, 6.07) is 0.423. The number of nitrogens with zero attached hydrogens (tertiary/aromatic N) is 2. The first-order chi connectivity index (χ1) is 7.19. The Hall–Kier alpha value is -0.480. The average Bonchev–Trinajstić information content (AvgIpc) is 2.63. The van der Waals surface area contributed by atoms with Crippen LogP contribution in [0.2, 0.25) is 0 Å². The molecule has 0 bridgehead atoms. The zero-order valence-corrected chi connectivity index (χ0v) is 10.9. The Balaban J connectivity index is 2.76. The van der Waals surface area contributed by atoms with E-state index >= 15 is 0 Å². The third-order valence-corrected chi connectivity index (χ3v) is 3.32. The summed E-state index contributed by atoms with van der Waals surface area (Å²) in [7, 11) is 2.02. The predicted octanol–water partition coefficient (Wildman–Crippen LogP) is 2.80. The summed E-state index contributed by atoms with van der Waals surface area (Å²) < 4.78 is 4.07. The second kappa shape index (κ2) is 6.18. The lowest BCUT2D eigenvalue weighted by molar-refractivity contribution is 0.459. The third kappa shape index (κ3) is 3.54. The van der Waals surface area contributed by atoms with Gasteiger partial charge >= 0.3 is 0 Å². The van der Waals surface area contributed by atoms with Crippen LogP contribution in [-0.4, -0.2) is 16.6 Å². The molecule has 0 saturated carbocycles. The molecule has 4 heteroatoms. The molecular weight excluding hydrogens is 206 g/mol. The van der Waals surface area contributed by atoms with Gasteiger partial charge in [0, 0.05) is 6.04 Å². The maximum Gasteiger partial charge on any atom is 0.0803 e. The molecule has 86 valence electrons. The summed E-state index contributed by atoms with van der Waals surface area (Å²) in [5.41, 5.74) is 1.18. The standard InChI is InChI=1S/C11H21N3S/c1-5-6-9-11(15-14-13-9)10(12-4)7-8(2)3/h8,10,12H,5-7H2,1-4H3. The quantitative estimate of drug-likeness (QED) is 0.812. The van der Waals surface area contributed by atoms with Crippen LogP contribution in [0.3, 0.4) is 0 Å². The molecule has 0 aromatic carbocycles. The van der Waals surface area contributed by atoms with Crippen LogP contribution in [0.25, 0.3) is 0 Å². The van der Waals surface area contributed by atoms with Gasteiger partial charge in [0.2, 0.25) is 0 Å². The highest BCUT2D eigenvalue weighted by Gasteiger charge is 2.18. The van der Waals surface area contributed by atoms with E-state index < -0.39 is 0 Å². The van der Waals surface area contributed by atoms with Crippen LogP contribution >= 0.6 is 11.5 Å². The summed E-state index contributed by atoms with van der Waals surface area (Å²) in [5, 5.41) is 7.58. The van der Waals surface area contributed by atoms with Gasteiger partial charge in [-0.1, -0.05) is 31.7 Å². The Kier molecular flexibility index (Phi) is 5.19. The molecule has 1 N–H and O–H groups in total. The van der Waals surface area contributed by atoms with Gasteiger partial charge < -0.3 is 5.32 Å². The summed E-state index contributed by atoms with van der Waals surface area (Å²) in [6.07, 6.45) is 3.33. The monoisotopic (exact) mass is 227 g/mol. The molecule has 1 heterocycles. The van der Waals surface area contributed by atoms with Crippen molar-refractivity contribution in [3.63, 3.8) is 0 Å². The van der Waals surface area contributed by atoms with Crippen molar-refractivity contribution in [3.05, 3.63) is 10.6 Å². The Morgan fingerprint density at radius 1 is 1.40 bits per heavy atom. The molecule has 0 spiro atoms. The van der Waals surface area contributed by atoms with Gasteiger partial charge in [0.25, 0.3) is 0 Å². The molecule has 0 radical (unpaired) electrons. The highest BCUT2D eigenvalue weighted by Crippen LogP contribution is 2.26. The highest BCUT2D eigenvalue weighted by molar-refractivity contribution is 7.05. The van der Waals surface area contributed by atoms with E-state index in [9.17, 15) is 0 Å². The Morgan fingerprint density at radius 2 is 2.13 bits per heavy atom. The largest absolute Gasteiger partial charge is 0.312 e. The van der Waals surface area contributed by atoms with Gasteiger partial charge in [0.15, 0.2) is 0 Å². The van der Waals surface area contributed by atoms with Crippen LogP contribution in [0.1, 0.15) is 50.2 Å². The first-order valence-electron chi connectivity index (χ1n) is 5.67. The fourth-order valence-corrected chi connectivity index (χ4v) is 2.53. The molecule has 1 atom stereocenters. The van der Waals surface area contributed by atoms with Gasteiger partial charge in [0.1, 0.15) is 0 Å². The lowest BCUT2D eigenvalue weighted by atomic mass is 10.0. The minimum atomic E-state index is 0.423. The zero-order valence-electron chi connectivity index (χ0n) is 10.1. The number of hydrogen-bond donors (Lipinski definition) is 1. The highest BCUT2D eigenvalue weighted by atomic mass is 32.1. The molecule has 1 rings (SSSR count). The molecule has 0 amide bonds. The number of aromatic nitrogens is 2. The summed E-state index contributed by atoms with van der Waals surface area (Å²) in [6.45, 7) is 6.68. The van der Waals surface area contributed by atoms with Crippen molar-refractivity contribution in [1.82, 2.24) is 14.9 Å². The maximum absolute atomic E-state index is 4.21. The summed E-state index contributed by atoms with van der Waals surface area (Å²) in [5.74, 6) is 0.694. The Labute approximate surface area is 96.5 Å². The number of aryl methyl sites for hydroxylation is 1. The van der Waals surface area contributed by atoms with E-state index in [0.29, 0.717) is 12.0 Å². The minimum absolute atomic E-state index is 0.423. The van der Waals surface area contributed by atoms with Gasteiger partial charge in [-0.2, -0.15) is 0 Å². The number of nitrogens with one attached hydrogen (secondary N) is 1. The van der Waals surface area contributed by atoms with Gasteiger partial charge in [-0.25, -0.2) is 0 Å². The van der Waals surface area contributed by atoms with Crippen molar-refractivity contribution in [1.29, 1.82) is 0 Å². The molecule has 0 aliphatic rings. The van der Waals surface area contributed by atoms with Crippen LogP contribution < -0.4 is 5.32 Å². The summed E-state index contributed by atoms with van der Waals surface area (Å²) >= 11 is 1.54. The first kappa shape index (κ1) is 12.6.